The van der Waals surface area contributed by atoms with Gasteiger partial charge in [0, 0.05) is 11.3 Å². The van der Waals surface area contributed by atoms with Crippen LogP contribution in [-0.4, -0.2) is 24.2 Å². The van der Waals surface area contributed by atoms with Gasteiger partial charge in [-0.1, -0.05) is 13.0 Å². The molecule has 0 aromatic heterocycles. The number of ether oxygens (including phenoxy) is 1. The molecule has 1 aliphatic carbocycles. The number of thioether (sulfide) groups is 1. The molecule has 0 saturated heterocycles. The van der Waals surface area contributed by atoms with Crippen molar-refractivity contribution in [2.75, 3.05) is 23.9 Å². The molecule has 2 atom stereocenters. The molecule has 100 valence electrons. The number of nitrogens with two attached hydrogens (primary N) is 1. The maximum absolute atomic E-state index is 6.07. The summed E-state index contributed by atoms with van der Waals surface area (Å²) in [6.07, 6.45) is 3.77. The van der Waals surface area contributed by atoms with Gasteiger partial charge in [-0.3, -0.25) is 0 Å². The summed E-state index contributed by atoms with van der Waals surface area (Å²) < 4.78 is 5.24. The third kappa shape index (κ3) is 3.05. The van der Waals surface area contributed by atoms with Crippen molar-refractivity contribution in [1.29, 1.82) is 0 Å². The van der Waals surface area contributed by atoms with E-state index in [9.17, 15) is 0 Å². The highest BCUT2D eigenvalue weighted by molar-refractivity contribution is 7.99. The Morgan fingerprint density at radius 2 is 2.28 bits per heavy atom. The van der Waals surface area contributed by atoms with Crippen LogP contribution in [0.15, 0.2) is 18.2 Å². The Balaban J connectivity index is 1.98. The van der Waals surface area contributed by atoms with Gasteiger partial charge in [0.25, 0.3) is 0 Å². The lowest BCUT2D eigenvalue weighted by atomic mass is 10.2. The highest BCUT2D eigenvalue weighted by Gasteiger charge is 2.24. The molecule has 1 aromatic carbocycles. The molecule has 3 N–H and O–H groups in total. The van der Waals surface area contributed by atoms with Crippen molar-refractivity contribution in [3.05, 3.63) is 18.2 Å². The molecule has 0 heterocycles. The second kappa shape index (κ2) is 6.23. The first-order chi connectivity index (χ1) is 8.74. The summed E-state index contributed by atoms with van der Waals surface area (Å²) in [7, 11) is 1.65. The Morgan fingerprint density at radius 3 is 3.00 bits per heavy atom. The Labute approximate surface area is 113 Å². The highest BCUT2D eigenvalue weighted by Crippen LogP contribution is 2.34. The van der Waals surface area contributed by atoms with E-state index in [4.69, 9.17) is 10.5 Å². The molecule has 1 fully saturated rings. The van der Waals surface area contributed by atoms with E-state index in [1.807, 2.05) is 18.2 Å². The van der Waals surface area contributed by atoms with Gasteiger partial charge in [0.05, 0.1) is 18.5 Å². The summed E-state index contributed by atoms with van der Waals surface area (Å²) in [5, 5.41) is 4.36. The average Bonchev–Trinajstić information content (AvgIpc) is 2.80. The summed E-state index contributed by atoms with van der Waals surface area (Å²) in [5.74, 6) is 1.95. The zero-order valence-corrected chi connectivity index (χ0v) is 11.9. The van der Waals surface area contributed by atoms with Crippen LogP contribution < -0.4 is 15.8 Å². The molecule has 3 nitrogen and oxygen atoms in total. The Hall–Kier alpha value is -1.03. The molecular formula is C14H22N2OS. The van der Waals surface area contributed by atoms with E-state index < -0.39 is 0 Å². The number of nitrogen functional groups attached to an aromatic ring is 1. The quantitative estimate of drug-likeness (QED) is 0.802. The van der Waals surface area contributed by atoms with Crippen LogP contribution in [0.1, 0.15) is 26.2 Å². The minimum Gasteiger partial charge on any atom is -0.495 e. The average molecular weight is 266 g/mol. The SMILES string of the molecule is CCSC1CCC(Nc2cccc(OC)c2N)C1. The molecule has 1 aliphatic rings. The normalized spacial score (nSPS) is 23.0. The van der Waals surface area contributed by atoms with Crippen LogP contribution in [0.2, 0.25) is 0 Å². The first-order valence-electron chi connectivity index (χ1n) is 6.55. The lowest BCUT2D eigenvalue weighted by Crippen LogP contribution is -2.17. The largest absolute Gasteiger partial charge is 0.495 e. The van der Waals surface area contributed by atoms with Crippen molar-refractivity contribution >= 4 is 23.1 Å². The fourth-order valence-electron chi connectivity index (χ4n) is 2.53. The van der Waals surface area contributed by atoms with E-state index in [0.29, 0.717) is 11.7 Å². The van der Waals surface area contributed by atoms with Gasteiger partial charge in [0.1, 0.15) is 5.75 Å². The predicted octanol–water partition coefficient (Wildman–Crippen LogP) is 3.36. The van der Waals surface area contributed by atoms with Crippen LogP contribution in [0.4, 0.5) is 11.4 Å². The fourth-order valence-corrected chi connectivity index (χ4v) is 3.67. The van der Waals surface area contributed by atoms with Crippen molar-refractivity contribution in [3.63, 3.8) is 0 Å². The topological polar surface area (TPSA) is 47.3 Å². The third-order valence-corrected chi connectivity index (χ3v) is 4.67. The first kappa shape index (κ1) is 13.4. The van der Waals surface area contributed by atoms with Gasteiger partial charge >= 0.3 is 0 Å². The molecule has 0 aliphatic heterocycles. The molecule has 4 heteroatoms. The second-order valence-corrected chi connectivity index (χ2v) is 6.23. The van der Waals surface area contributed by atoms with Crippen LogP contribution in [0.5, 0.6) is 5.75 Å². The number of anilines is 2. The van der Waals surface area contributed by atoms with Gasteiger partial charge in [-0.15, -0.1) is 0 Å². The van der Waals surface area contributed by atoms with E-state index in [0.717, 1.165) is 16.7 Å². The molecule has 0 radical (unpaired) electrons. The van der Waals surface area contributed by atoms with Gasteiger partial charge in [0.15, 0.2) is 0 Å². The van der Waals surface area contributed by atoms with Crippen LogP contribution >= 0.6 is 11.8 Å². The predicted molar refractivity (Wildman–Crippen MR) is 80.6 cm³/mol. The minimum absolute atomic E-state index is 0.545. The van der Waals surface area contributed by atoms with Crippen molar-refractivity contribution in [3.8, 4) is 5.75 Å². The van der Waals surface area contributed by atoms with Gasteiger partial charge in [-0.25, -0.2) is 0 Å². The number of benzene rings is 1. The van der Waals surface area contributed by atoms with Gasteiger partial charge in [-0.2, -0.15) is 11.8 Å². The summed E-state index contributed by atoms with van der Waals surface area (Å²) >= 11 is 2.07. The van der Waals surface area contributed by atoms with Gasteiger partial charge in [0.2, 0.25) is 0 Å². The van der Waals surface area contributed by atoms with E-state index in [2.05, 4.69) is 24.0 Å². The molecule has 1 saturated carbocycles. The van der Waals surface area contributed by atoms with Crippen molar-refractivity contribution in [1.82, 2.24) is 0 Å². The highest BCUT2D eigenvalue weighted by atomic mass is 32.2. The van der Waals surface area contributed by atoms with Gasteiger partial charge in [-0.05, 0) is 37.1 Å². The monoisotopic (exact) mass is 266 g/mol. The molecule has 2 rings (SSSR count). The number of rotatable bonds is 5. The standard InChI is InChI=1S/C14H22N2OS/c1-3-18-11-8-7-10(9-11)16-12-5-4-6-13(17-2)14(12)15/h4-6,10-11,16H,3,7-9,15H2,1-2H3. The summed E-state index contributed by atoms with van der Waals surface area (Å²) in [5.41, 5.74) is 7.79. The van der Waals surface area contributed by atoms with Crippen LogP contribution in [-0.2, 0) is 0 Å². The number of nitrogens with one attached hydrogen (secondary N) is 1. The lowest BCUT2D eigenvalue weighted by molar-refractivity contribution is 0.417. The maximum Gasteiger partial charge on any atom is 0.143 e. The molecule has 0 spiro atoms. The minimum atomic E-state index is 0.545. The Morgan fingerprint density at radius 1 is 1.44 bits per heavy atom. The van der Waals surface area contributed by atoms with Gasteiger partial charge < -0.3 is 15.8 Å². The molecule has 2 unspecified atom stereocenters. The van der Waals surface area contributed by atoms with E-state index in [1.165, 1.54) is 25.0 Å². The third-order valence-electron chi connectivity index (χ3n) is 3.43. The first-order valence-corrected chi connectivity index (χ1v) is 7.60. The summed E-state index contributed by atoms with van der Waals surface area (Å²) in [6, 6.07) is 6.44. The van der Waals surface area contributed by atoms with Crippen molar-refractivity contribution in [2.24, 2.45) is 0 Å². The molecule has 1 aromatic rings. The molecule has 0 bridgehead atoms. The van der Waals surface area contributed by atoms with Crippen molar-refractivity contribution < 1.29 is 4.74 Å². The van der Waals surface area contributed by atoms with E-state index >= 15 is 0 Å². The summed E-state index contributed by atoms with van der Waals surface area (Å²) in [6.45, 7) is 2.23. The molecule has 18 heavy (non-hydrogen) atoms. The Kier molecular flexibility index (Phi) is 4.64. The van der Waals surface area contributed by atoms with Crippen LogP contribution in [0.25, 0.3) is 0 Å². The second-order valence-electron chi connectivity index (χ2n) is 4.65. The van der Waals surface area contributed by atoms with E-state index in [1.54, 1.807) is 7.11 Å². The summed E-state index contributed by atoms with van der Waals surface area (Å²) in [4.78, 5) is 0. The van der Waals surface area contributed by atoms with Crippen LogP contribution in [0.3, 0.4) is 0 Å². The fraction of sp³-hybridized carbons (Fsp3) is 0.571. The molecule has 0 amide bonds. The maximum atomic E-state index is 6.07. The van der Waals surface area contributed by atoms with Crippen LogP contribution in [0, 0.1) is 0 Å². The number of methoxy groups -OCH3 is 1. The lowest BCUT2D eigenvalue weighted by Gasteiger charge is -2.17. The van der Waals surface area contributed by atoms with E-state index in [-0.39, 0.29) is 0 Å². The van der Waals surface area contributed by atoms with Crippen molar-refractivity contribution in [2.45, 2.75) is 37.5 Å². The number of hydrogen-bond acceptors (Lipinski definition) is 4. The smallest absolute Gasteiger partial charge is 0.143 e. The molecular weight excluding hydrogens is 244 g/mol. The zero-order valence-electron chi connectivity index (χ0n) is 11.1. The number of hydrogen-bond donors (Lipinski definition) is 2. The Bertz CT molecular complexity index is 397. The number of para-hydroxylation sites is 1. The zero-order chi connectivity index (χ0) is 13.0.